The van der Waals surface area contributed by atoms with Crippen LogP contribution in [0.5, 0.6) is 0 Å². The van der Waals surface area contributed by atoms with Gasteiger partial charge < -0.3 is 4.90 Å². The van der Waals surface area contributed by atoms with Crippen molar-refractivity contribution in [1.82, 2.24) is 0 Å². The largest absolute Gasteiger partial charge is 0.317 e. The second kappa shape index (κ2) is 19.2. The van der Waals surface area contributed by atoms with E-state index in [0.29, 0.717) is 0 Å². The summed E-state index contributed by atoms with van der Waals surface area (Å²) < 4.78 is 0. The number of rotatable bonds is 13. The molecule has 0 aliphatic heterocycles. The Kier molecular flexibility index (Phi) is 12.5. The summed E-state index contributed by atoms with van der Waals surface area (Å²) in [6.07, 6.45) is 19.8. The van der Waals surface area contributed by atoms with E-state index in [9.17, 15) is 0 Å². The lowest BCUT2D eigenvalue weighted by Crippen LogP contribution is -2.15. The van der Waals surface area contributed by atoms with Gasteiger partial charge in [0.1, 0.15) is 0 Å². The summed E-state index contributed by atoms with van der Waals surface area (Å²) in [5, 5.41) is 0. The molecule has 8 aromatic carbocycles. The number of benzene rings is 8. The van der Waals surface area contributed by atoms with Crippen LogP contribution in [0.2, 0.25) is 0 Å². The van der Waals surface area contributed by atoms with Crippen LogP contribution in [0.25, 0.3) is 66.8 Å². The molecule has 0 radical (unpaired) electrons. The van der Waals surface area contributed by atoms with Crippen molar-refractivity contribution in [3.05, 3.63) is 265 Å². The maximum Gasteiger partial charge on any atom is 0.0461 e. The average Bonchev–Trinajstić information content (AvgIpc) is 3.62. The smallest absolute Gasteiger partial charge is 0.0461 e. The molecular formula is C67H59N. The number of anilines is 2. The summed E-state index contributed by atoms with van der Waals surface area (Å²) in [4.78, 5) is 2.30. The van der Waals surface area contributed by atoms with E-state index < -0.39 is 0 Å². The van der Waals surface area contributed by atoms with Gasteiger partial charge in [-0.3, -0.25) is 0 Å². The summed E-state index contributed by atoms with van der Waals surface area (Å²) in [6, 6.07) is 67.2. The Morgan fingerprint density at radius 2 is 1.26 bits per heavy atom. The first-order valence-electron chi connectivity index (χ1n) is 24.3. The lowest BCUT2D eigenvalue weighted by Gasteiger charge is -2.23. The summed E-state index contributed by atoms with van der Waals surface area (Å²) in [5.41, 5.74) is 24.9. The molecular weight excluding hydrogens is 819 g/mol. The van der Waals surface area contributed by atoms with Crippen molar-refractivity contribution in [3.8, 4) is 55.6 Å². The summed E-state index contributed by atoms with van der Waals surface area (Å²) in [7, 11) is 0. The highest BCUT2D eigenvalue weighted by Crippen LogP contribution is 2.54. The van der Waals surface area contributed by atoms with Gasteiger partial charge in [-0.2, -0.15) is 0 Å². The third-order valence-corrected chi connectivity index (χ3v) is 14.0. The van der Waals surface area contributed by atoms with Crippen molar-refractivity contribution in [2.24, 2.45) is 0 Å². The fraction of sp³-hybridized carbons (Fsp3) is 0.134. The predicted molar refractivity (Wildman–Crippen MR) is 293 cm³/mol. The van der Waals surface area contributed by atoms with Gasteiger partial charge in [-0.15, -0.1) is 0 Å². The van der Waals surface area contributed by atoms with Crippen molar-refractivity contribution in [2.75, 3.05) is 4.90 Å². The maximum atomic E-state index is 4.15. The minimum Gasteiger partial charge on any atom is -0.317 e. The molecule has 0 heterocycles. The van der Waals surface area contributed by atoms with Gasteiger partial charge in [-0.1, -0.05) is 204 Å². The molecule has 1 heteroatoms. The Hall–Kier alpha value is -7.74. The van der Waals surface area contributed by atoms with E-state index in [-0.39, 0.29) is 5.41 Å². The summed E-state index contributed by atoms with van der Waals surface area (Å²) >= 11 is 0. The monoisotopic (exact) mass is 877 g/mol. The third-order valence-electron chi connectivity index (χ3n) is 14.0. The van der Waals surface area contributed by atoms with E-state index in [1.807, 2.05) is 12.1 Å². The van der Waals surface area contributed by atoms with Gasteiger partial charge in [-0.25, -0.2) is 0 Å². The molecule has 68 heavy (non-hydrogen) atoms. The number of fused-ring (bicyclic) bond motifs is 3. The number of hydrogen-bond acceptors (Lipinski definition) is 1. The standard InChI is InChI=1S/C67H59N/c1-6-21-52-28-17-18-32-61(52)60-39-35-55(42-47(60)3)51-33-37-58(38-34-51)68(41-20-30-48(7-2)49-22-11-8-12-23-49)59-31-19-29-54(43-59)56-36-40-64-63(44-56)66-62(53-26-15-10-16-27-53)45-57(46-65(66)67(64,4)5)50-24-13-9-14-25-50/h7-8,10-13,15-20,22-46H,2,6,9,14,21H2,1,3-5H3/b41-20-,48-30+. The highest BCUT2D eigenvalue weighted by atomic mass is 15.1. The third kappa shape index (κ3) is 8.69. The predicted octanol–water partition coefficient (Wildman–Crippen LogP) is 18.6. The lowest BCUT2D eigenvalue weighted by molar-refractivity contribution is 0.660. The van der Waals surface area contributed by atoms with Gasteiger partial charge >= 0.3 is 0 Å². The molecule has 2 aliphatic carbocycles. The molecule has 0 fully saturated rings. The first kappa shape index (κ1) is 44.1. The highest BCUT2D eigenvalue weighted by molar-refractivity contribution is 5.97. The Morgan fingerprint density at radius 1 is 0.574 bits per heavy atom. The van der Waals surface area contributed by atoms with Gasteiger partial charge in [0.2, 0.25) is 0 Å². The number of aryl methyl sites for hydroxylation is 2. The topological polar surface area (TPSA) is 3.24 Å². The van der Waals surface area contributed by atoms with Crippen molar-refractivity contribution in [3.63, 3.8) is 0 Å². The van der Waals surface area contributed by atoms with Gasteiger partial charge in [0.15, 0.2) is 0 Å². The van der Waals surface area contributed by atoms with Crippen LogP contribution < -0.4 is 4.90 Å². The number of allylic oxidation sites excluding steroid dienone is 8. The number of hydrogen-bond donors (Lipinski definition) is 0. The Balaban J connectivity index is 1.03. The van der Waals surface area contributed by atoms with E-state index in [0.717, 1.165) is 48.2 Å². The molecule has 0 saturated carbocycles. The zero-order valence-corrected chi connectivity index (χ0v) is 39.8. The van der Waals surface area contributed by atoms with Crippen LogP contribution >= 0.6 is 0 Å². The molecule has 0 atom stereocenters. The van der Waals surface area contributed by atoms with Gasteiger partial charge in [0.25, 0.3) is 0 Å². The second-order valence-electron chi connectivity index (χ2n) is 18.8. The molecule has 0 spiro atoms. The quantitative estimate of drug-likeness (QED) is 0.104. The zero-order valence-electron chi connectivity index (χ0n) is 39.8. The van der Waals surface area contributed by atoms with Crippen molar-refractivity contribution < 1.29 is 0 Å². The molecule has 1 nitrogen and oxygen atoms in total. The van der Waals surface area contributed by atoms with E-state index in [1.165, 1.54) is 89.0 Å². The van der Waals surface area contributed by atoms with Crippen LogP contribution in [0.1, 0.15) is 73.4 Å². The highest BCUT2D eigenvalue weighted by Gasteiger charge is 2.38. The minimum absolute atomic E-state index is 0.157. The molecule has 0 saturated heterocycles. The fourth-order valence-corrected chi connectivity index (χ4v) is 10.4. The van der Waals surface area contributed by atoms with Gasteiger partial charge in [-0.05, 0) is 175 Å². The van der Waals surface area contributed by atoms with Crippen LogP contribution in [-0.4, -0.2) is 0 Å². The molecule has 0 unspecified atom stereocenters. The maximum absolute atomic E-state index is 4.15. The minimum atomic E-state index is -0.157. The van der Waals surface area contributed by atoms with Gasteiger partial charge in [0.05, 0.1) is 0 Å². The fourth-order valence-electron chi connectivity index (χ4n) is 10.4. The SMILES string of the molecule is C=C/C(=C\C=C/N(c1ccc(-c2ccc(-c3ccccc3CCC)c(C)c2)cc1)c1cccc(-c2ccc3c(c2)-c2c(-c4ccccc4)cc(C4=CCCC=C4)cc2C3(C)C)c1)c1ccccc1. The van der Waals surface area contributed by atoms with E-state index in [2.05, 4.69) is 252 Å². The van der Waals surface area contributed by atoms with E-state index >= 15 is 0 Å². The Morgan fingerprint density at radius 3 is 2.01 bits per heavy atom. The van der Waals surface area contributed by atoms with Crippen molar-refractivity contribution in [2.45, 2.75) is 58.8 Å². The van der Waals surface area contributed by atoms with Gasteiger partial charge in [0, 0.05) is 23.0 Å². The van der Waals surface area contributed by atoms with Crippen molar-refractivity contribution in [1.29, 1.82) is 0 Å². The van der Waals surface area contributed by atoms with Crippen LogP contribution in [0.3, 0.4) is 0 Å². The van der Waals surface area contributed by atoms with Crippen molar-refractivity contribution >= 4 is 22.5 Å². The molecule has 0 N–H and O–H groups in total. The lowest BCUT2D eigenvalue weighted by atomic mass is 9.80. The summed E-state index contributed by atoms with van der Waals surface area (Å²) in [5.74, 6) is 0. The normalized spacial score (nSPS) is 13.8. The van der Waals surface area contributed by atoms with E-state index in [4.69, 9.17) is 0 Å². The van der Waals surface area contributed by atoms with Crippen LogP contribution in [-0.2, 0) is 11.8 Å². The first-order valence-corrected chi connectivity index (χ1v) is 24.3. The number of nitrogens with zero attached hydrogens (tertiary/aromatic N) is 1. The molecule has 0 aromatic heterocycles. The molecule has 10 rings (SSSR count). The van der Waals surface area contributed by atoms with E-state index in [1.54, 1.807) is 0 Å². The zero-order chi connectivity index (χ0) is 46.6. The molecule has 8 aromatic rings. The second-order valence-corrected chi connectivity index (χ2v) is 18.8. The first-order chi connectivity index (χ1) is 33.3. The summed E-state index contributed by atoms with van der Waals surface area (Å²) in [6.45, 7) is 13.4. The van der Waals surface area contributed by atoms with Crippen LogP contribution in [0.4, 0.5) is 11.4 Å². The molecule has 332 valence electrons. The van der Waals surface area contributed by atoms with Crippen LogP contribution in [0.15, 0.2) is 231 Å². The molecule has 0 bridgehead atoms. The Bertz CT molecular complexity index is 3260. The van der Waals surface area contributed by atoms with Crippen LogP contribution in [0, 0.1) is 6.92 Å². The molecule has 0 amide bonds. The average molecular weight is 878 g/mol. The molecule has 2 aliphatic rings. The Labute approximate surface area is 404 Å².